The van der Waals surface area contributed by atoms with Crippen LogP contribution in [0.4, 0.5) is 8.78 Å². The SMILES string of the molecule is Cc1cc(OCC2=NOC(=O)C2)c(F)c(C)c1Cc1ccc(O)c(-c2cccc(F)c2)n1. The Labute approximate surface area is 183 Å². The van der Waals surface area contributed by atoms with E-state index in [0.717, 1.165) is 11.1 Å². The first-order valence-corrected chi connectivity index (χ1v) is 9.93. The van der Waals surface area contributed by atoms with E-state index in [4.69, 9.17) is 4.74 Å². The zero-order valence-corrected chi connectivity index (χ0v) is 17.5. The smallest absolute Gasteiger partial charge is 0.340 e. The Kier molecular flexibility index (Phi) is 5.85. The summed E-state index contributed by atoms with van der Waals surface area (Å²) in [5.41, 5.74) is 3.63. The van der Waals surface area contributed by atoms with Crippen LogP contribution in [0.1, 0.15) is 28.8 Å². The molecular weight excluding hydrogens is 418 g/mol. The Hall–Kier alpha value is -3.81. The molecule has 3 aromatic rings. The fraction of sp³-hybridized carbons (Fsp3) is 0.208. The summed E-state index contributed by atoms with van der Waals surface area (Å²) in [6, 6.07) is 10.5. The molecule has 0 saturated carbocycles. The summed E-state index contributed by atoms with van der Waals surface area (Å²) in [5.74, 6) is -1.42. The van der Waals surface area contributed by atoms with E-state index < -0.39 is 17.6 Å². The molecule has 164 valence electrons. The van der Waals surface area contributed by atoms with Gasteiger partial charge in [-0.3, -0.25) is 0 Å². The van der Waals surface area contributed by atoms with Crippen LogP contribution in [0.3, 0.4) is 0 Å². The number of oxime groups is 1. The van der Waals surface area contributed by atoms with Crippen molar-refractivity contribution in [1.29, 1.82) is 0 Å². The lowest BCUT2D eigenvalue weighted by molar-refractivity contribution is -0.140. The Bertz CT molecular complexity index is 1240. The Morgan fingerprint density at radius 2 is 1.97 bits per heavy atom. The molecule has 2 heterocycles. The van der Waals surface area contributed by atoms with E-state index in [1.165, 1.54) is 18.2 Å². The maximum Gasteiger partial charge on any atom is 0.340 e. The topological polar surface area (TPSA) is 81.0 Å². The lowest BCUT2D eigenvalue weighted by Crippen LogP contribution is -2.12. The van der Waals surface area contributed by atoms with Crippen LogP contribution in [-0.4, -0.2) is 28.4 Å². The van der Waals surface area contributed by atoms with Crippen LogP contribution in [0.25, 0.3) is 11.3 Å². The Morgan fingerprint density at radius 3 is 2.69 bits per heavy atom. The molecule has 1 aliphatic heterocycles. The average Bonchev–Trinajstić information content (AvgIpc) is 3.19. The summed E-state index contributed by atoms with van der Waals surface area (Å²) in [6.07, 6.45) is 0.338. The van der Waals surface area contributed by atoms with Gasteiger partial charge in [-0.05, 0) is 60.9 Å². The summed E-state index contributed by atoms with van der Waals surface area (Å²) in [6.45, 7) is 3.44. The number of benzene rings is 2. The van der Waals surface area contributed by atoms with E-state index in [1.807, 2.05) is 6.92 Å². The number of nitrogens with zero attached hydrogens (tertiary/aromatic N) is 2. The molecule has 0 fully saturated rings. The van der Waals surface area contributed by atoms with Crippen LogP contribution in [-0.2, 0) is 16.1 Å². The first kappa shape index (κ1) is 21.4. The van der Waals surface area contributed by atoms with Crippen LogP contribution in [0.2, 0.25) is 0 Å². The van der Waals surface area contributed by atoms with Gasteiger partial charge < -0.3 is 14.7 Å². The third-order valence-electron chi connectivity index (χ3n) is 5.23. The van der Waals surface area contributed by atoms with Crippen LogP contribution >= 0.6 is 0 Å². The van der Waals surface area contributed by atoms with Crippen molar-refractivity contribution in [2.45, 2.75) is 26.7 Å². The van der Waals surface area contributed by atoms with Gasteiger partial charge in [0.25, 0.3) is 0 Å². The minimum absolute atomic E-state index is 0.0256. The second kappa shape index (κ2) is 8.74. The monoisotopic (exact) mass is 438 g/mol. The first-order chi connectivity index (χ1) is 15.3. The molecule has 0 unspecified atom stereocenters. The number of aromatic nitrogens is 1. The van der Waals surface area contributed by atoms with Gasteiger partial charge in [-0.2, -0.15) is 0 Å². The molecule has 0 radical (unpaired) electrons. The van der Waals surface area contributed by atoms with Gasteiger partial charge in [0.1, 0.15) is 29.6 Å². The maximum absolute atomic E-state index is 15.0. The fourth-order valence-electron chi connectivity index (χ4n) is 3.54. The summed E-state index contributed by atoms with van der Waals surface area (Å²) in [7, 11) is 0. The average molecular weight is 438 g/mol. The maximum atomic E-state index is 15.0. The molecule has 1 aliphatic rings. The lowest BCUT2D eigenvalue weighted by Gasteiger charge is -2.15. The van der Waals surface area contributed by atoms with Crippen LogP contribution in [0.15, 0.2) is 47.6 Å². The normalized spacial score (nSPS) is 13.1. The molecule has 0 atom stereocenters. The highest BCUT2D eigenvalue weighted by molar-refractivity contribution is 6.02. The largest absolute Gasteiger partial charge is 0.506 e. The van der Waals surface area contributed by atoms with Crippen molar-refractivity contribution in [3.8, 4) is 22.8 Å². The van der Waals surface area contributed by atoms with Gasteiger partial charge in [-0.1, -0.05) is 17.3 Å². The standard InChI is InChI=1S/C24H20F2N2O4/c1-13-8-21(31-12-18-11-22(30)32-28-18)23(26)14(2)19(13)10-17-6-7-20(29)24(27-17)15-4-3-5-16(25)9-15/h3-9,29H,10-12H2,1-2H3. The quantitative estimate of drug-likeness (QED) is 0.568. The molecule has 4 rings (SSSR count). The number of carbonyl (C=O) groups excluding carboxylic acids is 1. The number of aromatic hydroxyl groups is 1. The zero-order chi connectivity index (χ0) is 22.8. The molecular formula is C24H20F2N2O4. The fourth-order valence-corrected chi connectivity index (χ4v) is 3.54. The van der Waals surface area contributed by atoms with Crippen molar-refractivity contribution >= 4 is 11.7 Å². The molecule has 1 aromatic heterocycles. The number of hydrogen-bond acceptors (Lipinski definition) is 6. The van der Waals surface area contributed by atoms with E-state index in [0.29, 0.717) is 29.0 Å². The van der Waals surface area contributed by atoms with Crippen molar-refractivity contribution < 1.29 is 28.3 Å². The number of hydrogen-bond donors (Lipinski definition) is 1. The highest BCUT2D eigenvalue weighted by Gasteiger charge is 2.20. The van der Waals surface area contributed by atoms with E-state index in [2.05, 4.69) is 15.0 Å². The van der Waals surface area contributed by atoms with Gasteiger partial charge in [0.05, 0.1) is 6.42 Å². The van der Waals surface area contributed by atoms with E-state index in [9.17, 15) is 18.7 Å². The van der Waals surface area contributed by atoms with E-state index >= 15 is 0 Å². The molecule has 0 spiro atoms. The minimum atomic E-state index is -0.513. The molecule has 0 saturated heterocycles. The summed E-state index contributed by atoms with van der Waals surface area (Å²) >= 11 is 0. The first-order valence-electron chi connectivity index (χ1n) is 9.93. The molecule has 0 aliphatic carbocycles. The molecule has 0 amide bonds. The van der Waals surface area contributed by atoms with Gasteiger partial charge >= 0.3 is 5.97 Å². The second-order valence-corrected chi connectivity index (χ2v) is 7.55. The highest BCUT2D eigenvalue weighted by Crippen LogP contribution is 2.31. The van der Waals surface area contributed by atoms with Crippen LogP contribution in [0.5, 0.6) is 11.5 Å². The minimum Gasteiger partial charge on any atom is -0.506 e. The van der Waals surface area contributed by atoms with Gasteiger partial charge in [-0.25, -0.2) is 18.6 Å². The number of ether oxygens (including phenoxy) is 1. The second-order valence-electron chi connectivity index (χ2n) is 7.55. The van der Waals surface area contributed by atoms with Crippen molar-refractivity contribution in [3.05, 3.63) is 76.5 Å². The predicted octanol–water partition coefficient (Wildman–Crippen LogP) is 4.62. The molecule has 0 bridgehead atoms. The predicted molar refractivity (Wildman–Crippen MR) is 114 cm³/mol. The molecule has 1 N–H and O–H groups in total. The number of carbonyl (C=O) groups is 1. The third-order valence-corrected chi connectivity index (χ3v) is 5.23. The summed E-state index contributed by atoms with van der Waals surface area (Å²) in [4.78, 5) is 20.1. The van der Waals surface area contributed by atoms with Crippen molar-refractivity contribution in [2.24, 2.45) is 5.16 Å². The van der Waals surface area contributed by atoms with Crippen LogP contribution in [0, 0.1) is 25.5 Å². The van der Waals surface area contributed by atoms with E-state index in [1.54, 1.807) is 31.2 Å². The zero-order valence-electron chi connectivity index (χ0n) is 17.5. The van der Waals surface area contributed by atoms with Gasteiger partial charge in [0, 0.05) is 17.7 Å². The molecule has 6 nitrogen and oxygen atoms in total. The van der Waals surface area contributed by atoms with Gasteiger partial charge in [-0.15, -0.1) is 0 Å². The summed E-state index contributed by atoms with van der Waals surface area (Å²) in [5, 5.41) is 13.8. The van der Waals surface area contributed by atoms with E-state index in [-0.39, 0.29) is 30.2 Å². The third kappa shape index (κ3) is 4.44. The molecule has 2 aromatic carbocycles. The molecule has 8 heteroatoms. The Morgan fingerprint density at radius 1 is 1.16 bits per heavy atom. The lowest BCUT2D eigenvalue weighted by atomic mass is 9.97. The molecule has 32 heavy (non-hydrogen) atoms. The highest BCUT2D eigenvalue weighted by atomic mass is 19.1. The van der Waals surface area contributed by atoms with Crippen LogP contribution < -0.4 is 4.74 Å². The van der Waals surface area contributed by atoms with Gasteiger partial charge in [0.2, 0.25) is 0 Å². The number of pyridine rings is 1. The van der Waals surface area contributed by atoms with Crippen molar-refractivity contribution in [2.75, 3.05) is 6.61 Å². The van der Waals surface area contributed by atoms with Crippen molar-refractivity contribution in [1.82, 2.24) is 4.98 Å². The van der Waals surface area contributed by atoms with Crippen molar-refractivity contribution in [3.63, 3.8) is 0 Å². The van der Waals surface area contributed by atoms with Gasteiger partial charge in [0.15, 0.2) is 11.6 Å². The summed E-state index contributed by atoms with van der Waals surface area (Å²) < 4.78 is 34.1. The number of rotatable bonds is 6. The Balaban J connectivity index is 1.59. The number of halogens is 2. The number of aryl methyl sites for hydroxylation is 1.